The summed E-state index contributed by atoms with van der Waals surface area (Å²) < 4.78 is 1.72. The maximum atomic E-state index is 10.7. The van der Waals surface area contributed by atoms with Crippen LogP contribution in [0.25, 0.3) is 0 Å². The minimum Gasteiger partial charge on any atom is -0.480 e. The first kappa shape index (κ1) is 13.3. The van der Waals surface area contributed by atoms with Crippen LogP contribution in [0.5, 0.6) is 0 Å². The van der Waals surface area contributed by atoms with Crippen molar-refractivity contribution in [2.45, 2.75) is 6.54 Å². The standard InChI is InChI=1S/C10H19N5O2/c1-13(2)4-5-15-10(8(11)6-12-15)14(3)7-9(16)17/h6H,4-5,7,11H2,1-3H3,(H,16,17). The molecule has 0 aromatic carbocycles. The van der Waals surface area contributed by atoms with E-state index in [1.54, 1.807) is 22.8 Å². The number of rotatable bonds is 6. The van der Waals surface area contributed by atoms with Crippen molar-refractivity contribution in [1.29, 1.82) is 0 Å². The molecule has 7 nitrogen and oxygen atoms in total. The maximum absolute atomic E-state index is 10.7. The third kappa shape index (κ3) is 3.63. The van der Waals surface area contributed by atoms with Gasteiger partial charge in [0.05, 0.1) is 18.4 Å². The van der Waals surface area contributed by atoms with Gasteiger partial charge in [-0.25, -0.2) is 4.68 Å². The number of aromatic nitrogens is 2. The van der Waals surface area contributed by atoms with Crippen molar-refractivity contribution < 1.29 is 9.90 Å². The van der Waals surface area contributed by atoms with Crippen molar-refractivity contribution in [3.05, 3.63) is 6.20 Å². The van der Waals surface area contributed by atoms with Crippen LogP contribution in [0.4, 0.5) is 11.5 Å². The lowest BCUT2D eigenvalue weighted by molar-refractivity contribution is -0.135. The van der Waals surface area contributed by atoms with Gasteiger partial charge in [-0.2, -0.15) is 5.10 Å². The number of nitrogen functional groups attached to an aromatic ring is 1. The van der Waals surface area contributed by atoms with Gasteiger partial charge in [-0.3, -0.25) is 4.79 Å². The highest BCUT2D eigenvalue weighted by Crippen LogP contribution is 2.21. The monoisotopic (exact) mass is 241 g/mol. The quantitative estimate of drug-likeness (QED) is 0.701. The Morgan fingerprint density at radius 1 is 1.53 bits per heavy atom. The molecule has 0 atom stereocenters. The van der Waals surface area contributed by atoms with Crippen LogP contribution in [0.2, 0.25) is 0 Å². The first-order valence-corrected chi connectivity index (χ1v) is 5.30. The van der Waals surface area contributed by atoms with Gasteiger partial charge < -0.3 is 20.6 Å². The summed E-state index contributed by atoms with van der Waals surface area (Å²) in [5, 5.41) is 12.9. The van der Waals surface area contributed by atoms with Crippen LogP contribution in [-0.4, -0.2) is 60.0 Å². The molecule has 0 unspecified atom stereocenters. The van der Waals surface area contributed by atoms with Gasteiger partial charge in [0.15, 0.2) is 5.82 Å². The van der Waals surface area contributed by atoms with E-state index in [1.165, 1.54) is 0 Å². The van der Waals surface area contributed by atoms with Crippen LogP contribution in [-0.2, 0) is 11.3 Å². The molecular formula is C10H19N5O2. The van der Waals surface area contributed by atoms with E-state index in [-0.39, 0.29) is 6.54 Å². The second-order valence-electron chi connectivity index (χ2n) is 4.20. The number of hydrogen-bond donors (Lipinski definition) is 2. The van der Waals surface area contributed by atoms with Crippen molar-refractivity contribution in [1.82, 2.24) is 14.7 Å². The molecule has 0 saturated carbocycles. The number of nitrogens with two attached hydrogens (primary N) is 1. The third-order valence-corrected chi connectivity index (χ3v) is 2.33. The molecule has 3 N–H and O–H groups in total. The fourth-order valence-corrected chi connectivity index (χ4v) is 1.55. The second-order valence-corrected chi connectivity index (χ2v) is 4.20. The molecule has 0 bridgehead atoms. The Morgan fingerprint density at radius 3 is 2.71 bits per heavy atom. The van der Waals surface area contributed by atoms with E-state index < -0.39 is 5.97 Å². The number of aliphatic carboxylic acids is 1. The number of nitrogens with zero attached hydrogens (tertiary/aromatic N) is 4. The minimum atomic E-state index is -0.896. The molecule has 17 heavy (non-hydrogen) atoms. The van der Waals surface area contributed by atoms with Gasteiger partial charge in [-0.05, 0) is 14.1 Å². The maximum Gasteiger partial charge on any atom is 0.323 e. The van der Waals surface area contributed by atoms with Crippen molar-refractivity contribution in [3.63, 3.8) is 0 Å². The molecule has 0 fully saturated rings. The summed E-state index contributed by atoms with van der Waals surface area (Å²) in [5.74, 6) is -0.249. The summed E-state index contributed by atoms with van der Waals surface area (Å²) in [6.45, 7) is 1.39. The summed E-state index contributed by atoms with van der Waals surface area (Å²) >= 11 is 0. The highest BCUT2D eigenvalue weighted by atomic mass is 16.4. The summed E-state index contributed by atoms with van der Waals surface area (Å²) in [7, 11) is 5.62. The molecule has 1 heterocycles. The van der Waals surface area contributed by atoms with Crippen molar-refractivity contribution in [3.8, 4) is 0 Å². The number of carbonyl (C=O) groups is 1. The van der Waals surface area contributed by atoms with Crippen LogP contribution in [0.3, 0.4) is 0 Å². The Morgan fingerprint density at radius 2 is 2.18 bits per heavy atom. The zero-order valence-electron chi connectivity index (χ0n) is 10.4. The summed E-state index contributed by atoms with van der Waals surface area (Å²) in [6, 6.07) is 0. The zero-order chi connectivity index (χ0) is 13.0. The Kier molecular flexibility index (Phi) is 4.33. The fourth-order valence-electron chi connectivity index (χ4n) is 1.55. The van der Waals surface area contributed by atoms with E-state index in [9.17, 15) is 4.79 Å². The van der Waals surface area contributed by atoms with Gasteiger partial charge in [-0.1, -0.05) is 0 Å². The number of carboxylic acids is 1. The largest absolute Gasteiger partial charge is 0.480 e. The second kappa shape index (κ2) is 5.53. The van der Waals surface area contributed by atoms with Gasteiger partial charge in [0, 0.05) is 13.6 Å². The van der Waals surface area contributed by atoms with E-state index in [2.05, 4.69) is 5.10 Å². The molecule has 1 aromatic rings. The first-order chi connectivity index (χ1) is 7.91. The molecule has 0 aliphatic rings. The normalized spacial score (nSPS) is 10.8. The summed E-state index contributed by atoms with van der Waals surface area (Å²) in [4.78, 5) is 14.3. The molecule has 1 rings (SSSR count). The first-order valence-electron chi connectivity index (χ1n) is 5.30. The topological polar surface area (TPSA) is 87.6 Å². The summed E-state index contributed by atoms with van der Waals surface area (Å²) in [6.07, 6.45) is 1.54. The molecule has 0 aliphatic carbocycles. The van der Waals surface area contributed by atoms with Gasteiger partial charge in [0.2, 0.25) is 0 Å². The summed E-state index contributed by atoms with van der Waals surface area (Å²) in [5.41, 5.74) is 6.29. The van der Waals surface area contributed by atoms with E-state index in [1.807, 2.05) is 19.0 Å². The average molecular weight is 241 g/mol. The zero-order valence-corrected chi connectivity index (χ0v) is 10.4. The highest BCUT2D eigenvalue weighted by Gasteiger charge is 2.15. The number of anilines is 2. The Bertz CT molecular complexity index is 388. The molecule has 0 radical (unpaired) electrons. The Hall–Kier alpha value is -1.76. The van der Waals surface area contributed by atoms with Crippen molar-refractivity contribution in [2.24, 2.45) is 0 Å². The number of hydrogen-bond acceptors (Lipinski definition) is 5. The number of carboxylic acid groups (broad SMARTS) is 1. The molecule has 0 amide bonds. The number of likely N-dealkylation sites (N-methyl/N-ethyl adjacent to an activating group) is 2. The predicted octanol–water partition coefficient (Wildman–Crippen LogP) is -0.452. The predicted molar refractivity (Wildman–Crippen MR) is 66.1 cm³/mol. The molecule has 0 aliphatic heterocycles. The Labute approximate surface area is 100 Å². The minimum absolute atomic E-state index is 0.0993. The van der Waals surface area contributed by atoms with Gasteiger partial charge in [0.1, 0.15) is 6.54 Å². The molecule has 0 saturated heterocycles. The molecule has 0 spiro atoms. The van der Waals surface area contributed by atoms with Crippen LogP contribution in [0.1, 0.15) is 0 Å². The van der Waals surface area contributed by atoms with Crippen LogP contribution in [0.15, 0.2) is 6.20 Å². The Balaban J connectivity index is 2.81. The van der Waals surface area contributed by atoms with E-state index in [0.717, 1.165) is 6.54 Å². The lowest BCUT2D eigenvalue weighted by atomic mass is 10.4. The van der Waals surface area contributed by atoms with Crippen molar-refractivity contribution in [2.75, 3.05) is 44.9 Å². The van der Waals surface area contributed by atoms with Gasteiger partial charge in [0.25, 0.3) is 0 Å². The van der Waals surface area contributed by atoms with E-state index >= 15 is 0 Å². The van der Waals surface area contributed by atoms with Gasteiger partial charge >= 0.3 is 5.97 Å². The molecule has 96 valence electrons. The third-order valence-electron chi connectivity index (χ3n) is 2.33. The van der Waals surface area contributed by atoms with E-state index in [4.69, 9.17) is 10.8 Å². The molecule has 1 aromatic heterocycles. The fraction of sp³-hybridized carbons (Fsp3) is 0.600. The average Bonchev–Trinajstić information content (AvgIpc) is 2.55. The van der Waals surface area contributed by atoms with Gasteiger partial charge in [-0.15, -0.1) is 0 Å². The van der Waals surface area contributed by atoms with Crippen LogP contribution in [0, 0.1) is 0 Å². The SMILES string of the molecule is CN(C)CCn1ncc(N)c1N(C)CC(=O)O. The smallest absolute Gasteiger partial charge is 0.323 e. The lowest BCUT2D eigenvalue weighted by Crippen LogP contribution is -2.29. The molecule has 7 heteroatoms. The van der Waals surface area contributed by atoms with Crippen LogP contribution >= 0.6 is 0 Å². The highest BCUT2D eigenvalue weighted by molar-refractivity contribution is 5.75. The van der Waals surface area contributed by atoms with E-state index in [0.29, 0.717) is 18.1 Å². The lowest BCUT2D eigenvalue weighted by Gasteiger charge is -2.20. The molecular weight excluding hydrogens is 222 g/mol. The van der Waals surface area contributed by atoms with Crippen LogP contribution < -0.4 is 10.6 Å². The van der Waals surface area contributed by atoms with Crippen molar-refractivity contribution >= 4 is 17.5 Å².